The number of nitrogens with one attached hydrogen (secondary N) is 2. The number of para-hydroxylation sites is 1. The van der Waals surface area contributed by atoms with E-state index < -0.39 is 0 Å². The molecule has 3 aromatic rings. The molecule has 0 aliphatic carbocycles. The summed E-state index contributed by atoms with van der Waals surface area (Å²) >= 11 is 6.21. The van der Waals surface area contributed by atoms with Crippen LogP contribution in [-0.4, -0.2) is 25.2 Å². The van der Waals surface area contributed by atoms with Crippen molar-refractivity contribution in [2.45, 2.75) is 19.4 Å². The minimum atomic E-state index is 0.0339. The van der Waals surface area contributed by atoms with Gasteiger partial charge in [-0.3, -0.25) is 0 Å². The zero-order valence-corrected chi connectivity index (χ0v) is 15.1. The minimum Gasteiger partial charge on any atom is -0.493 e. The predicted molar refractivity (Wildman–Crippen MR) is 101 cm³/mol. The van der Waals surface area contributed by atoms with Crippen molar-refractivity contribution in [2.75, 3.05) is 20.3 Å². The first-order chi connectivity index (χ1) is 12.2. The van der Waals surface area contributed by atoms with Gasteiger partial charge < -0.3 is 19.8 Å². The first kappa shape index (κ1) is 16.3. The summed E-state index contributed by atoms with van der Waals surface area (Å²) in [6, 6.07) is 12.1. The van der Waals surface area contributed by atoms with E-state index in [4.69, 9.17) is 21.1 Å². The SMILES string of the molecule is CCOc1c(OC)cccc1C1NCCc2c1[nH]c1ccc(Cl)cc21. The molecule has 0 saturated heterocycles. The van der Waals surface area contributed by atoms with E-state index in [-0.39, 0.29) is 6.04 Å². The van der Waals surface area contributed by atoms with E-state index in [1.165, 1.54) is 16.6 Å². The molecule has 2 aromatic carbocycles. The van der Waals surface area contributed by atoms with Gasteiger partial charge in [-0.05, 0) is 43.2 Å². The van der Waals surface area contributed by atoms with E-state index >= 15 is 0 Å². The summed E-state index contributed by atoms with van der Waals surface area (Å²) < 4.78 is 11.4. The minimum absolute atomic E-state index is 0.0339. The second-order valence-electron chi connectivity index (χ2n) is 6.16. The maximum absolute atomic E-state index is 6.21. The third-order valence-electron chi connectivity index (χ3n) is 4.74. The van der Waals surface area contributed by atoms with Crippen LogP contribution in [0.5, 0.6) is 11.5 Å². The lowest BCUT2D eigenvalue weighted by atomic mass is 9.93. The summed E-state index contributed by atoms with van der Waals surface area (Å²) in [5, 5.41) is 5.59. The summed E-state index contributed by atoms with van der Waals surface area (Å²) in [5.41, 5.74) is 4.70. The fraction of sp³-hybridized carbons (Fsp3) is 0.300. The van der Waals surface area contributed by atoms with Gasteiger partial charge in [0.15, 0.2) is 11.5 Å². The van der Waals surface area contributed by atoms with Gasteiger partial charge in [0.25, 0.3) is 0 Å². The number of methoxy groups -OCH3 is 1. The molecular weight excluding hydrogens is 336 g/mol. The van der Waals surface area contributed by atoms with Crippen molar-refractivity contribution in [1.82, 2.24) is 10.3 Å². The van der Waals surface area contributed by atoms with Gasteiger partial charge in [0.05, 0.1) is 19.8 Å². The number of H-pyrrole nitrogens is 1. The number of hydrogen-bond acceptors (Lipinski definition) is 3. The Bertz CT molecular complexity index is 919. The van der Waals surface area contributed by atoms with Crippen molar-refractivity contribution in [3.05, 3.63) is 58.2 Å². The molecule has 130 valence electrons. The molecule has 1 aliphatic rings. The first-order valence-electron chi connectivity index (χ1n) is 8.56. The van der Waals surface area contributed by atoms with Gasteiger partial charge in [-0.1, -0.05) is 23.7 Å². The van der Waals surface area contributed by atoms with E-state index in [1.54, 1.807) is 7.11 Å². The van der Waals surface area contributed by atoms with Crippen molar-refractivity contribution in [3.63, 3.8) is 0 Å². The van der Waals surface area contributed by atoms with E-state index in [0.29, 0.717) is 6.61 Å². The molecule has 2 heterocycles. The number of aromatic nitrogens is 1. The van der Waals surface area contributed by atoms with Crippen molar-refractivity contribution in [3.8, 4) is 11.5 Å². The second-order valence-corrected chi connectivity index (χ2v) is 6.59. The van der Waals surface area contributed by atoms with E-state index in [0.717, 1.165) is 40.6 Å². The molecule has 0 fully saturated rings. The molecule has 1 unspecified atom stereocenters. The molecule has 4 rings (SSSR count). The highest BCUT2D eigenvalue weighted by Gasteiger charge is 2.28. The Morgan fingerprint density at radius 1 is 1.24 bits per heavy atom. The van der Waals surface area contributed by atoms with E-state index in [2.05, 4.69) is 16.4 Å². The second kappa shape index (κ2) is 6.62. The van der Waals surface area contributed by atoms with Crippen LogP contribution < -0.4 is 14.8 Å². The maximum Gasteiger partial charge on any atom is 0.166 e. The van der Waals surface area contributed by atoms with Gasteiger partial charge >= 0.3 is 0 Å². The fourth-order valence-corrected chi connectivity index (χ4v) is 3.86. The lowest BCUT2D eigenvalue weighted by Gasteiger charge is -2.27. The molecule has 25 heavy (non-hydrogen) atoms. The molecule has 0 amide bonds. The lowest BCUT2D eigenvalue weighted by Crippen LogP contribution is -2.30. The van der Waals surface area contributed by atoms with E-state index in [1.807, 2.05) is 37.3 Å². The molecular formula is C20H21ClN2O2. The highest BCUT2D eigenvalue weighted by molar-refractivity contribution is 6.31. The quantitative estimate of drug-likeness (QED) is 0.725. The zero-order valence-electron chi connectivity index (χ0n) is 14.4. The average Bonchev–Trinajstić information content (AvgIpc) is 3.00. The Morgan fingerprint density at radius 2 is 2.12 bits per heavy atom. The van der Waals surface area contributed by atoms with Crippen LogP contribution in [0.25, 0.3) is 10.9 Å². The number of ether oxygens (including phenoxy) is 2. The fourth-order valence-electron chi connectivity index (χ4n) is 3.69. The number of fused-ring (bicyclic) bond motifs is 3. The number of hydrogen-bond donors (Lipinski definition) is 2. The maximum atomic E-state index is 6.21. The predicted octanol–water partition coefficient (Wildman–Crippen LogP) is 4.46. The highest BCUT2D eigenvalue weighted by Crippen LogP contribution is 2.41. The Morgan fingerprint density at radius 3 is 2.92 bits per heavy atom. The average molecular weight is 357 g/mol. The summed E-state index contributed by atoms with van der Waals surface area (Å²) in [6.45, 7) is 3.48. The standard InChI is InChI=1S/C20H21ClN2O2/c1-3-25-20-14(5-4-6-17(20)24-2)18-19-13(9-10-22-18)15-11-12(21)7-8-16(15)23-19/h4-8,11,18,22-23H,3,9-10H2,1-2H3. The molecule has 0 saturated carbocycles. The van der Waals surface area contributed by atoms with Crippen LogP contribution >= 0.6 is 11.6 Å². The van der Waals surface area contributed by atoms with Crippen LogP contribution in [0.3, 0.4) is 0 Å². The third-order valence-corrected chi connectivity index (χ3v) is 4.98. The molecule has 5 heteroatoms. The molecule has 2 N–H and O–H groups in total. The van der Waals surface area contributed by atoms with Crippen molar-refractivity contribution < 1.29 is 9.47 Å². The van der Waals surface area contributed by atoms with Gasteiger partial charge in [-0.15, -0.1) is 0 Å². The highest BCUT2D eigenvalue weighted by atomic mass is 35.5. The van der Waals surface area contributed by atoms with Crippen LogP contribution in [0.15, 0.2) is 36.4 Å². The van der Waals surface area contributed by atoms with Gasteiger partial charge in [-0.2, -0.15) is 0 Å². The molecule has 0 spiro atoms. The molecule has 1 aliphatic heterocycles. The summed E-state index contributed by atoms with van der Waals surface area (Å²) in [7, 11) is 1.67. The molecule has 1 aromatic heterocycles. The Kier molecular flexibility index (Phi) is 4.32. The molecule has 0 bridgehead atoms. The van der Waals surface area contributed by atoms with Crippen LogP contribution in [0.1, 0.15) is 29.8 Å². The first-order valence-corrected chi connectivity index (χ1v) is 8.93. The Hall–Kier alpha value is -2.17. The largest absolute Gasteiger partial charge is 0.493 e. The van der Waals surface area contributed by atoms with Gasteiger partial charge in [0, 0.05) is 33.7 Å². The summed E-state index contributed by atoms with van der Waals surface area (Å²) in [4.78, 5) is 3.58. The van der Waals surface area contributed by atoms with Crippen molar-refractivity contribution in [1.29, 1.82) is 0 Å². The van der Waals surface area contributed by atoms with Crippen LogP contribution in [-0.2, 0) is 6.42 Å². The third kappa shape index (κ3) is 2.75. The number of rotatable bonds is 4. The summed E-state index contributed by atoms with van der Waals surface area (Å²) in [5.74, 6) is 1.56. The number of benzene rings is 2. The van der Waals surface area contributed by atoms with Gasteiger partial charge in [0.1, 0.15) is 0 Å². The molecule has 1 atom stereocenters. The van der Waals surface area contributed by atoms with Crippen LogP contribution in [0, 0.1) is 0 Å². The smallest absolute Gasteiger partial charge is 0.166 e. The van der Waals surface area contributed by atoms with Crippen molar-refractivity contribution >= 4 is 22.5 Å². The van der Waals surface area contributed by atoms with Crippen molar-refractivity contribution in [2.24, 2.45) is 0 Å². The van der Waals surface area contributed by atoms with Gasteiger partial charge in [0.2, 0.25) is 0 Å². The zero-order chi connectivity index (χ0) is 17.4. The van der Waals surface area contributed by atoms with E-state index in [9.17, 15) is 0 Å². The topological polar surface area (TPSA) is 46.3 Å². The monoisotopic (exact) mass is 356 g/mol. The van der Waals surface area contributed by atoms with Gasteiger partial charge in [-0.25, -0.2) is 0 Å². The lowest BCUT2D eigenvalue weighted by molar-refractivity contribution is 0.304. The Balaban J connectivity index is 1.88. The molecule has 4 nitrogen and oxygen atoms in total. The Labute approximate surface area is 152 Å². The molecule has 0 radical (unpaired) electrons. The number of aromatic amines is 1. The van der Waals surface area contributed by atoms with Crippen LogP contribution in [0.2, 0.25) is 5.02 Å². The van der Waals surface area contributed by atoms with Crippen LogP contribution in [0.4, 0.5) is 0 Å². The number of halogens is 1. The summed E-state index contributed by atoms with van der Waals surface area (Å²) in [6.07, 6.45) is 0.972. The normalized spacial score (nSPS) is 16.7.